The molecule has 220 valence electrons. The second kappa shape index (κ2) is 15.5. The van der Waals surface area contributed by atoms with E-state index in [1.165, 1.54) is 82.4 Å². The standard InChI is InChI=1S/C27H31.C13H10.2ClH.Zr/c1-16(2)21-13-9-12-20-14-23-24(26(20)21)15-22(17(3)4)25(18(5)6)27(23)19-10-7-8-11-19;1-3-7-12(8-4-1)11-13-9-5-2-6-10-13;;;/h7-10,12-18H,11H2,1-6H3;1-10H;2*1H;/q-1;;;;+2/p-2. The number of hydrogen-bond acceptors (Lipinski definition) is 0. The van der Waals surface area contributed by atoms with Crippen LogP contribution in [0.5, 0.6) is 0 Å². The summed E-state index contributed by atoms with van der Waals surface area (Å²) < 4.78 is 1.42. The zero-order chi connectivity index (χ0) is 29.1. The summed E-state index contributed by atoms with van der Waals surface area (Å²) in [6.07, 6.45) is 7.88. The van der Waals surface area contributed by atoms with Crippen LogP contribution in [0.25, 0.3) is 27.1 Å². The molecule has 0 atom stereocenters. The Morgan fingerprint density at radius 3 is 1.77 bits per heavy atom. The van der Waals surface area contributed by atoms with E-state index in [9.17, 15) is 0 Å². The van der Waals surface area contributed by atoms with Gasteiger partial charge < -0.3 is 24.8 Å². The van der Waals surface area contributed by atoms with Gasteiger partial charge in [-0.1, -0.05) is 106 Å². The number of fused-ring (bicyclic) bond motifs is 3. The molecule has 43 heavy (non-hydrogen) atoms. The van der Waals surface area contributed by atoms with Crippen LogP contribution in [0.4, 0.5) is 0 Å². The van der Waals surface area contributed by atoms with Crippen molar-refractivity contribution in [1.29, 1.82) is 0 Å². The third kappa shape index (κ3) is 7.45. The molecule has 0 unspecified atom stereocenters. The van der Waals surface area contributed by atoms with Gasteiger partial charge in [0, 0.05) is 0 Å². The van der Waals surface area contributed by atoms with Gasteiger partial charge in [-0.25, -0.2) is 0 Å². The molecule has 0 aliphatic heterocycles. The van der Waals surface area contributed by atoms with Crippen LogP contribution in [0.3, 0.4) is 0 Å². The van der Waals surface area contributed by atoms with Crippen molar-refractivity contribution in [3.63, 3.8) is 0 Å². The van der Waals surface area contributed by atoms with Crippen LogP contribution in [-0.2, 0) is 24.2 Å². The van der Waals surface area contributed by atoms with Gasteiger partial charge in [0.05, 0.1) is 0 Å². The van der Waals surface area contributed by atoms with E-state index in [1.807, 2.05) is 0 Å². The van der Waals surface area contributed by atoms with Gasteiger partial charge in [0.25, 0.3) is 0 Å². The molecule has 0 fully saturated rings. The summed E-state index contributed by atoms with van der Waals surface area (Å²) >= 11 is 1.46. The predicted molar refractivity (Wildman–Crippen MR) is 177 cm³/mol. The summed E-state index contributed by atoms with van der Waals surface area (Å²) in [5.41, 5.74) is 10.2. The molecule has 0 saturated carbocycles. The number of benzene rings is 4. The van der Waals surface area contributed by atoms with Gasteiger partial charge in [-0.3, -0.25) is 0 Å². The fourth-order valence-corrected chi connectivity index (χ4v) is 7.02. The summed E-state index contributed by atoms with van der Waals surface area (Å²) in [5, 5.41) is 5.75. The minimum absolute atomic E-state index is 0. The summed E-state index contributed by atoms with van der Waals surface area (Å²) in [5.74, 6) is 1.57. The molecule has 0 amide bonds. The van der Waals surface area contributed by atoms with Gasteiger partial charge in [0.15, 0.2) is 0 Å². The second-order valence-electron chi connectivity index (χ2n) is 12.1. The summed E-state index contributed by atoms with van der Waals surface area (Å²) in [7, 11) is 0. The third-order valence-corrected chi connectivity index (χ3v) is 9.60. The van der Waals surface area contributed by atoms with Crippen LogP contribution in [0, 0.1) is 0 Å². The average molecular weight is 684 g/mol. The molecular formula is C40H41Cl2Zr-. The Labute approximate surface area is 285 Å². The van der Waals surface area contributed by atoms with Crippen LogP contribution < -0.4 is 24.8 Å². The maximum atomic E-state index is 2.51. The Hall–Kier alpha value is -2.44. The van der Waals surface area contributed by atoms with Crippen LogP contribution in [0.2, 0.25) is 0 Å². The maximum absolute atomic E-state index is 2.51. The third-order valence-electron chi connectivity index (χ3n) is 8.18. The summed E-state index contributed by atoms with van der Waals surface area (Å²) in [4.78, 5) is 0. The molecule has 0 nitrogen and oxygen atoms in total. The number of rotatable bonds is 6. The summed E-state index contributed by atoms with van der Waals surface area (Å²) in [6.45, 7) is 14.0. The molecule has 3 heteroatoms. The van der Waals surface area contributed by atoms with Crippen molar-refractivity contribution in [3.8, 4) is 0 Å². The number of hydrogen-bond donors (Lipinski definition) is 0. The SMILES string of the molecule is CC(C)c1cc2c([cH-]c3cccc(C(C)C)c32)c(C2=CC=CC2)c1C(C)C.[Cl-].[Cl-].[Zr+2]=[C](c1ccccc1)c1ccccc1. The first-order chi connectivity index (χ1) is 19.8. The first-order valence-electron chi connectivity index (χ1n) is 15.0. The van der Waals surface area contributed by atoms with Gasteiger partial charge in [-0.2, -0.15) is 0 Å². The van der Waals surface area contributed by atoms with E-state index in [1.54, 1.807) is 5.56 Å². The molecule has 1 aliphatic rings. The fourth-order valence-electron chi connectivity index (χ4n) is 6.20. The van der Waals surface area contributed by atoms with Gasteiger partial charge in [-0.05, 0) is 24.2 Å². The molecule has 5 aromatic rings. The molecule has 0 spiro atoms. The van der Waals surface area contributed by atoms with E-state index in [0.717, 1.165) is 6.42 Å². The van der Waals surface area contributed by atoms with Crippen LogP contribution in [0.1, 0.15) is 99.1 Å². The normalized spacial score (nSPS) is 12.3. The minimum atomic E-state index is 0. The summed E-state index contributed by atoms with van der Waals surface area (Å²) in [6, 6.07) is 32.9. The number of allylic oxidation sites excluding steroid dienone is 4. The monoisotopic (exact) mass is 681 g/mol. The van der Waals surface area contributed by atoms with Crippen molar-refractivity contribution in [2.75, 3.05) is 0 Å². The Morgan fingerprint density at radius 2 is 1.28 bits per heavy atom. The molecule has 0 radical (unpaired) electrons. The molecule has 1 aliphatic carbocycles. The molecule has 0 aromatic heterocycles. The molecule has 0 N–H and O–H groups in total. The topological polar surface area (TPSA) is 0 Å². The van der Waals surface area contributed by atoms with Crippen molar-refractivity contribution in [3.05, 3.63) is 143 Å². The van der Waals surface area contributed by atoms with Gasteiger partial charge in [0.1, 0.15) is 0 Å². The van der Waals surface area contributed by atoms with Crippen molar-refractivity contribution >= 4 is 30.3 Å². The molecule has 5 aromatic carbocycles. The Balaban J connectivity index is 0.000000269. The average Bonchev–Trinajstić information content (AvgIpc) is 3.65. The van der Waals surface area contributed by atoms with E-state index in [-0.39, 0.29) is 24.8 Å². The Kier molecular flexibility index (Phi) is 12.7. The van der Waals surface area contributed by atoms with E-state index < -0.39 is 0 Å². The van der Waals surface area contributed by atoms with Gasteiger partial charge >= 0.3 is 99.2 Å². The molecule has 0 saturated heterocycles. The molecular weight excluding hydrogens is 643 g/mol. The van der Waals surface area contributed by atoms with Crippen LogP contribution in [-0.4, -0.2) is 3.21 Å². The molecule has 0 heterocycles. The second-order valence-corrected chi connectivity index (χ2v) is 13.3. The first kappa shape index (κ1) is 35.0. The zero-order valence-corrected chi connectivity index (χ0v) is 30.1. The molecule has 0 bridgehead atoms. The van der Waals surface area contributed by atoms with Crippen molar-refractivity contribution in [2.24, 2.45) is 0 Å². The zero-order valence-electron chi connectivity index (χ0n) is 26.1. The predicted octanol–water partition coefficient (Wildman–Crippen LogP) is 5.24. The molecule has 6 rings (SSSR count). The first-order valence-corrected chi connectivity index (χ1v) is 16.2. The van der Waals surface area contributed by atoms with Gasteiger partial charge in [0.2, 0.25) is 0 Å². The fraction of sp³-hybridized carbons (Fsp3) is 0.250. The van der Waals surface area contributed by atoms with Crippen molar-refractivity contribution in [1.82, 2.24) is 0 Å². The number of halogens is 2. The Bertz CT molecular complexity index is 1690. The van der Waals surface area contributed by atoms with E-state index in [0.29, 0.717) is 17.8 Å². The van der Waals surface area contributed by atoms with Crippen molar-refractivity contribution < 1.29 is 49.0 Å². The van der Waals surface area contributed by atoms with Crippen LogP contribution >= 0.6 is 0 Å². The van der Waals surface area contributed by atoms with E-state index in [2.05, 4.69) is 151 Å². The van der Waals surface area contributed by atoms with E-state index >= 15 is 0 Å². The van der Waals surface area contributed by atoms with Gasteiger partial charge in [-0.15, -0.1) is 33.7 Å². The van der Waals surface area contributed by atoms with E-state index in [4.69, 9.17) is 0 Å². The van der Waals surface area contributed by atoms with Crippen LogP contribution in [0.15, 0.2) is 109 Å². The Morgan fingerprint density at radius 1 is 0.698 bits per heavy atom. The quantitative estimate of drug-likeness (QED) is 0.215. The van der Waals surface area contributed by atoms with Crippen molar-refractivity contribution in [2.45, 2.75) is 65.7 Å².